The van der Waals surface area contributed by atoms with E-state index in [4.69, 9.17) is 0 Å². The number of anilines is 1. The van der Waals surface area contributed by atoms with Gasteiger partial charge in [-0.2, -0.15) is 0 Å². The van der Waals surface area contributed by atoms with Crippen molar-refractivity contribution in [2.75, 3.05) is 5.32 Å². The van der Waals surface area contributed by atoms with Gasteiger partial charge in [0.25, 0.3) is 0 Å². The van der Waals surface area contributed by atoms with E-state index in [1.165, 1.54) is 31.2 Å². The van der Waals surface area contributed by atoms with Gasteiger partial charge in [-0.3, -0.25) is 4.79 Å². The topological polar surface area (TPSA) is 41.1 Å². The van der Waals surface area contributed by atoms with Crippen molar-refractivity contribution in [2.24, 2.45) is 5.92 Å². The Morgan fingerprint density at radius 3 is 2.50 bits per heavy atom. The summed E-state index contributed by atoms with van der Waals surface area (Å²) in [4.78, 5) is 12.2. The zero-order valence-electron chi connectivity index (χ0n) is 12.8. The molecule has 1 amide bonds. The molecule has 20 heavy (non-hydrogen) atoms. The number of benzene rings is 1. The third-order valence-corrected chi connectivity index (χ3v) is 4.29. The molecule has 1 aliphatic carbocycles. The number of aryl methyl sites for hydroxylation is 1. The SMILES string of the molecule is Cc1ccc(NC(=O)[C@@H](C)N[C@H]2CCCC[C@@H]2C)cc1. The lowest BCUT2D eigenvalue weighted by Crippen LogP contribution is -2.47. The summed E-state index contributed by atoms with van der Waals surface area (Å²) in [6.07, 6.45) is 5.05. The molecule has 0 unspecified atom stereocenters. The van der Waals surface area contributed by atoms with Gasteiger partial charge in [0.2, 0.25) is 5.91 Å². The van der Waals surface area contributed by atoms with Crippen LogP contribution in [0.1, 0.15) is 45.1 Å². The van der Waals surface area contributed by atoms with Crippen molar-refractivity contribution in [2.45, 2.75) is 58.5 Å². The van der Waals surface area contributed by atoms with Crippen LogP contribution in [0, 0.1) is 12.8 Å². The van der Waals surface area contributed by atoms with Crippen molar-refractivity contribution in [3.05, 3.63) is 29.8 Å². The van der Waals surface area contributed by atoms with Crippen molar-refractivity contribution in [1.82, 2.24) is 5.32 Å². The maximum absolute atomic E-state index is 12.2. The van der Waals surface area contributed by atoms with Gasteiger partial charge < -0.3 is 10.6 Å². The first-order valence-electron chi connectivity index (χ1n) is 7.70. The molecule has 1 aromatic rings. The first kappa shape index (κ1) is 15.0. The van der Waals surface area contributed by atoms with Crippen LogP contribution in [0.3, 0.4) is 0 Å². The highest BCUT2D eigenvalue weighted by Crippen LogP contribution is 2.24. The lowest BCUT2D eigenvalue weighted by atomic mass is 9.85. The van der Waals surface area contributed by atoms with Crippen LogP contribution in [-0.2, 0) is 4.79 Å². The summed E-state index contributed by atoms with van der Waals surface area (Å²) >= 11 is 0. The zero-order chi connectivity index (χ0) is 14.5. The van der Waals surface area contributed by atoms with Crippen LogP contribution in [-0.4, -0.2) is 18.0 Å². The molecule has 3 nitrogen and oxygen atoms in total. The largest absolute Gasteiger partial charge is 0.325 e. The summed E-state index contributed by atoms with van der Waals surface area (Å²) in [6, 6.07) is 8.24. The Morgan fingerprint density at radius 2 is 1.85 bits per heavy atom. The molecule has 0 aliphatic heterocycles. The summed E-state index contributed by atoms with van der Waals surface area (Å²) in [5, 5.41) is 6.46. The summed E-state index contributed by atoms with van der Waals surface area (Å²) in [5.74, 6) is 0.713. The van der Waals surface area contributed by atoms with Crippen LogP contribution in [0.15, 0.2) is 24.3 Å². The molecule has 110 valence electrons. The van der Waals surface area contributed by atoms with E-state index in [-0.39, 0.29) is 11.9 Å². The maximum Gasteiger partial charge on any atom is 0.241 e. The predicted octanol–water partition coefficient (Wildman–Crippen LogP) is 3.49. The fraction of sp³-hybridized carbons (Fsp3) is 0.588. The lowest BCUT2D eigenvalue weighted by molar-refractivity contribution is -0.118. The monoisotopic (exact) mass is 274 g/mol. The third-order valence-electron chi connectivity index (χ3n) is 4.29. The molecule has 1 aromatic carbocycles. The van der Waals surface area contributed by atoms with Crippen LogP contribution in [0.2, 0.25) is 0 Å². The standard InChI is InChI=1S/C17H26N2O/c1-12-8-10-15(11-9-12)19-17(20)14(3)18-16-7-5-4-6-13(16)2/h8-11,13-14,16,18H,4-7H2,1-3H3,(H,19,20)/t13-,14+,16-/m0/s1. The van der Waals surface area contributed by atoms with Crippen LogP contribution in [0.4, 0.5) is 5.69 Å². The number of rotatable bonds is 4. The molecular formula is C17H26N2O. The van der Waals surface area contributed by atoms with Crippen LogP contribution in [0.25, 0.3) is 0 Å². The summed E-state index contributed by atoms with van der Waals surface area (Å²) in [7, 11) is 0. The van der Waals surface area contributed by atoms with Crippen molar-refractivity contribution in [3.63, 3.8) is 0 Å². The lowest BCUT2D eigenvalue weighted by Gasteiger charge is -2.31. The van der Waals surface area contributed by atoms with E-state index in [2.05, 4.69) is 17.6 Å². The molecule has 0 bridgehead atoms. The van der Waals surface area contributed by atoms with Crippen LogP contribution < -0.4 is 10.6 Å². The number of amides is 1. The summed E-state index contributed by atoms with van der Waals surface area (Å²) in [5.41, 5.74) is 2.07. The average molecular weight is 274 g/mol. The Balaban J connectivity index is 1.86. The quantitative estimate of drug-likeness (QED) is 0.882. The number of carbonyl (C=O) groups excluding carboxylic acids is 1. The Kier molecular flexibility index (Phi) is 5.18. The Hall–Kier alpha value is -1.35. The fourth-order valence-corrected chi connectivity index (χ4v) is 2.85. The van der Waals surface area contributed by atoms with Crippen LogP contribution in [0.5, 0.6) is 0 Å². The molecule has 3 heteroatoms. The van der Waals surface area contributed by atoms with E-state index in [1.54, 1.807) is 0 Å². The molecule has 0 aromatic heterocycles. The second-order valence-electron chi connectivity index (χ2n) is 6.11. The number of carbonyl (C=O) groups is 1. The van der Waals surface area contributed by atoms with Gasteiger partial charge in [-0.15, -0.1) is 0 Å². The van der Waals surface area contributed by atoms with E-state index in [1.807, 2.05) is 38.1 Å². The molecule has 2 rings (SSSR count). The first-order chi connectivity index (χ1) is 9.56. The van der Waals surface area contributed by atoms with E-state index in [0.29, 0.717) is 12.0 Å². The van der Waals surface area contributed by atoms with Crippen molar-refractivity contribution in [1.29, 1.82) is 0 Å². The minimum Gasteiger partial charge on any atom is -0.325 e. The molecule has 1 saturated carbocycles. The maximum atomic E-state index is 12.2. The molecule has 2 N–H and O–H groups in total. The first-order valence-corrected chi connectivity index (χ1v) is 7.70. The van der Waals surface area contributed by atoms with Gasteiger partial charge in [-0.25, -0.2) is 0 Å². The van der Waals surface area contributed by atoms with Crippen molar-refractivity contribution < 1.29 is 4.79 Å². The van der Waals surface area contributed by atoms with Crippen molar-refractivity contribution in [3.8, 4) is 0 Å². The third kappa shape index (κ3) is 4.07. The average Bonchev–Trinajstić information content (AvgIpc) is 2.44. The van der Waals surface area contributed by atoms with Gasteiger partial charge in [0.1, 0.15) is 0 Å². The number of hydrogen-bond acceptors (Lipinski definition) is 2. The van der Waals surface area contributed by atoms with Gasteiger partial charge in [-0.05, 0) is 44.7 Å². The van der Waals surface area contributed by atoms with E-state index < -0.39 is 0 Å². The van der Waals surface area contributed by atoms with Gasteiger partial charge >= 0.3 is 0 Å². The van der Waals surface area contributed by atoms with E-state index >= 15 is 0 Å². The number of nitrogens with one attached hydrogen (secondary N) is 2. The minimum atomic E-state index is -0.151. The number of hydrogen-bond donors (Lipinski definition) is 2. The molecule has 1 fully saturated rings. The summed E-state index contributed by atoms with van der Waals surface area (Å²) in [6.45, 7) is 6.27. The highest BCUT2D eigenvalue weighted by Gasteiger charge is 2.24. The highest BCUT2D eigenvalue weighted by atomic mass is 16.2. The van der Waals surface area contributed by atoms with Crippen molar-refractivity contribution >= 4 is 11.6 Å². The minimum absolute atomic E-state index is 0.0478. The normalized spacial score (nSPS) is 24.1. The van der Waals surface area contributed by atoms with Gasteiger partial charge in [0.15, 0.2) is 0 Å². The molecular weight excluding hydrogens is 248 g/mol. The molecule has 0 radical (unpaired) electrons. The summed E-state index contributed by atoms with van der Waals surface area (Å²) < 4.78 is 0. The van der Waals surface area contributed by atoms with E-state index in [0.717, 1.165) is 5.69 Å². The zero-order valence-corrected chi connectivity index (χ0v) is 12.8. The molecule has 0 heterocycles. The molecule has 3 atom stereocenters. The Morgan fingerprint density at radius 1 is 1.20 bits per heavy atom. The smallest absolute Gasteiger partial charge is 0.241 e. The second-order valence-corrected chi connectivity index (χ2v) is 6.11. The Bertz CT molecular complexity index is 441. The molecule has 1 aliphatic rings. The fourth-order valence-electron chi connectivity index (χ4n) is 2.85. The van der Waals surface area contributed by atoms with Gasteiger partial charge in [0, 0.05) is 11.7 Å². The molecule has 0 spiro atoms. The molecule has 0 saturated heterocycles. The van der Waals surface area contributed by atoms with Gasteiger partial charge in [-0.1, -0.05) is 37.5 Å². The predicted molar refractivity (Wildman–Crippen MR) is 83.8 cm³/mol. The highest BCUT2D eigenvalue weighted by molar-refractivity contribution is 5.94. The second kappa shape index (κ2) is 6.89. The van der Waals surface area contributed by atoms with Gasteiger partial charge in [0.05, 0.1) is 6.04 Å². The Labute approximate surface area is 122 Å². The van der Waals surface area contributed by atoms with E-state index in [9.17, 15) is 4.79 Å². The van der Waals surface area contributed by atoms with Crippen LogP contribution >= 0.6 is 0 Å².